The molecule has 21 heavy (non-hydrogen) atoms. The van der Waals surface area contributed by atoms with Crippen LogP contribution in [0, 0.1) is 17.3 Å². The summed E-state index contributed by atoms with van der Waals surface area (Å²) in [5.74, 6) is -1.90. The van der Waals surface area contributed by atoms with Gasteiger partial charge in [-0.2, -0.15) is 0 Å². The summed E-state index contributed by atoms with van der Waals surface area (Å²) in [4.78, 5) is 22.7. The standard InChI is InChI=1S/C14H24N2O5/c1-16-11-8-5-14(13(20)21,6-9(15)12(18)19)4-7(8)2-3-10(11)17/h7-11,16-17H,2-6,15H2,1H3,(H,18,19)(H,20,21). The van der Waals surface area contributed by atoms with E-state index in [4.69, 9.17) is 10.8 Å². The molecule has 2 rings (SSSR count). The van der Waals surface area contributed by atoms with E-state index in [0.29, 0.717) is 19.3 Å². The Morgan fingerprint density at radius 1 is 1.33 bits per heavy atom. The van der Waals surface area contributed by atoms with Crippen LogP contribution in [0.3, 0.4) is 0 Å². The van der Waals surface area contributed by atoms with Gasteiger partial charge in [-0.25, -0.2) is 0 Å². The second-order valence-corrected chi connectivity index (χ2v) is 6.53. The summed E-state index contributed by atoms with van der Waals surface area (Å²) < 4.78 is 0. The second kappa shape index (κ2) is 5.90. The van der Waals surface area contributed by atoms with Gasteiger partial charge < -0.3 is 26.4 Å². The first-order chi connectivity index (χ1) is 9.80. The van der Waals surface area contributed by atoms with Gasteiger partial charge in [-0.3, -0.25) is 9.59 Å². The van der Waals surface area contributed by atoms with E-state index in [9.17, 15) is 19.8 Å². The Morgan fingerprint density at radius 2 is 2.00 bits per heavy atom. The predicted octanol–water partition coefficient (Wildman–Crippen LogP) is -0.372. The Bertz CT molecular complexity index is 430. The van der Waals surface area contributed by atoms with Gasteiger partial charge in [0.15, 0.2) is 0 Å². The molecule has 2 aliphatic rings. The molecule has 0 aromatic carbocycles. The van der Waals surface area contributed by atoms with E-state index < -0.39 is 29.5 Å². The molecule has 7 nitrogen and oxygen atoms in total. The smallest absolute Gasteiger partial charge is 0.320 e. The van der Waals surface area contributed by atoms with Gasteiger partial charge in [-0.05, 0) is 51.0 Å². The van der Waals surface area contributed by atoms with Gasteiger partial charge in [0, 0.05) is 6.04 Å². The topological polar surface area (TPSA) is 133 Å². The Balaban J connectivity index is 2.22. The van der Waals surface area contributed by atoms with Gasteiger partial charge in [0.25, 0.3) is 0 Å². The van der Waals surface area contributed by atoms with E-state index in [-0.39, 0.29) is 24.3 Å². The van der Waals surface area contributed by atoms with Gasteiger partial charge in [0.2, 0.25) is 0 Å². The molecule has 6 unspecified atom stereocenters. The van der Waals surface area contributed by atoms with Crippen molar-refractivity contribution in [2.45, 2.75) is 50.3 Å². The minimum Gasteiger partial charge on any atom is -0.481 e. The molecule has 0 aromatic heterocycles. The molecule has 0 aliphatic heterocycles. The first-order valence-corrected chi connectivity index (χ1v) is 7.38. The zero-order valence-electron chi connectivity index (χ0n) is 12.2. The van der Waals surface area contributed by atoms with Crippen molar-refractivity contribution in [2.75, 3.05) is 7.05 Å². The Labute approximate surface area is 123 Å². The molecule has 120 valence electrons. The van der Waals surface area contributed by atoms with Gasteiger partial charge in [0.1, 0.15) is 6.04 Å². The molecule has 0 radical (unpaired) electrons. The molecule has 0 heterocycles. The third-order valence-electron chi connectivity index (χ3n) is 5.31. The molecule has 2 fully saturated rings. The molecule has 2 aliphatic carbocycles. The van der Waals surface area contributed by atoms with E-state index in [1.165, 1.54) is 0 Å². The van der Waals surface area contributed by atoms with Crippen LogP contribution >= 0.6 is 0 Å². The number of nitrogens with two attached hydrogens (primary N) is 1. The lowest BCUT2D eigenvalue weighted by Crippen LogP contribution is -2.48. The molecule has 6 atom stereocenters. The molecule has 0 saturated heterocycles. The number of hydrogen-bond donors (Lipinski definition) is 5. The van der Waals surface area contributed by atoms with E-state index in [1.807, 2.05) is 0 Å². The maximum absolute atomic E-state index is 11.8. The molecule has 0 bridgehead atoms. The monoisotopic (exact) mass is 300 g/mol. The van der Waals surface area contributed by atoms with E-state index >= 15 is 0 Å². The van der Waals surface area contributed by atoms with Crippen LogP contribution in [-0.2, 0) is 9.59 Å². The molecular weight excluding hydrogens is 276 g/mol. The third-order valence-corrected chi connectivity index (χ3v) is 5.31. The van der Waals surface area contributed by atoms with Crippen LogP contribution in [0.15, 0.2) is 0 Å². The number of rotatable bonds is 5. The number of fused-ring (bicyclic) bond motifs is 1. The fourth-order valence-electron chi connectivity index (χ4n) is 4.28. The number of carbonyl (C=O) groups is 2. The Morgan fingerprint density at radius 3 is 2.52 bits per heavy atom. The van der Waals surface area contributed by atoms with Gasteiger partial charge in [-0.15, -0.1) is 0 Å². The summed E-state index contributed by atoms with van der Waals surface area (Å²) >= 11 is 0. The van der Waals surface area contributed by atoms with Crippen molar-refractivity contribution in [2.24, 2.45) is 23.0 Å². The number of aliphatic hydroxyl groups is 1. The highest BCUT2D eigenvalue weighted by molar-refractivity contribution is 5.78. The second-order valence-electron chi connectivity index (χ2n) is 6.53. The van der Waals surface area contributed by atoms with Crippen LogP contribution in [0.5, 0.6) is 0 Å². The lowest BCUT2D eigenvalue weighted by Gasteiger charge is -2.37. The normalized spacial score (nSPS) is 40.5. The van der Waals surface area contributed by atoms with E-state index in [2.05, 4.69) is 5.32 Å². The highest BCUT2D eigenvalue weighted by Gasteiger charge is 2.55. The van der Waals surface area contributed by atoms with Gasteiger partial charge in [-0.1, -0.05) is 0 Å². The van der Waals surface area contributed by atoms with Crippen molar-refractivity contribution in [3.63, 3.8) is 0 Å². The largest absolute Gasteiger partial charge is 0.481 e. The van der Waals surface area contributed by atoms with Crippen LogP contribution in [0.1, 0.15) is 32.1 Å². The van der Waals surface area contributed by atoms with Crippen molar-refractivity contribution in [1.29, 1.82) is 0 Å². The first kappa shape index (κ1) is 16.2. The molecule has 6 N–H and O–H groups in total. The predicted molar refractivity (Wildman–Crippen MR) is 74.6 cm³/mol. The maximum atomic E-state index is 11.8. The van der Waals surface area contributed by atoms with Crippen LogP contribution in [0.2, 0.25) is 0 Å². The zero-order chi connectivity index (χ0) is 15.8. The summed E-state index contributed by atoms with van der Waals surface area (Å²) in [6.07, 6.45) is 1.70. The minimum atomic E-state index is -1.17. The van der Waals surface area contributed by atoms with Gasteiger partial charge in [0.05, 0.1) is 11.5 Å². The molecule has 0 spiro atoms. The number of hydrogen-bond acceptors (Lipinski definition) is 5. The summed E-state index contributed by atoms with van der Waals surface area (Å²) in [6, 6.07) is -1.30. The summed E-state index contributed by atoms with van der Waals surface area (Å²) in [7, 11) is 1.76. The van der Waals surface area contributed by atoms with Crippen molar-refractivity contribution in [1.82, 2.24) is 5.32 Å². The van der Waals surface area contributed by atoms with Gasteiger partial charge >= 0.3 is 11.9 Å². The van der Waals surface area contributed by atoms with Crippen molar-refractivity contribution < 1.29 is 24.9 Å². The Hall–Kier alpha value is -1.18. The number of nitrogens with one attached hydrogen (secondary N) is 1. The van der Waals surface area contributed by atoms with E-state index in [0.717, 1.165) is 6.42 Å². The summed E-state index contributed by atoms with van der Waals surface area (Å²) in [5.41, 5.74) is 4.48. The van der Waals surface area contributed by atoms with Crippen molar-refractivity contribution in [3.05, 3.63) is 0 Å². The maximum Gasteiger partial charge on any atom is 0.320 e. The molecule has 0 aromatic rings. The molecule has 0 amide bonds. The van der Waals surface area contributed by atoms with E-state index in [1.54, 1.807) is 7.05 Å². The number of likely N-dealkylation sites (N-methyl/N-ethyl adjacent to an activating group) is 1. The number of aliphatic carboxylic acids is 2. The van der Waals surface area contributed by atoms with Crippen LogP contribution in [-0.4, -0.2) is 52.5 Å². The molecular formula is C14H24N2O5. The summed E-state index contributed by atoms with van der Waals surface area (Å²) in [6.45, 7) is 0. The van der Waals surface area contributed by atoms with Crippen molar-refractivity contribution in [3.8, 4) is 0 Å². The van der Waals surface area contributed by atoms with Crippen LogP contribution in [0.4, 0.5) is 0 Å². The molecule has 2 saturated carbocycles. The lowest BCUT2D eigenvalue weighted by atomic mass is 9.76. The Kier molecular flexibility index (Phi) is 4.55. The fourth-order valence-corrected chi connectivity index (χ4v) is 4.28. The van der Waals surface area contributed by atoms with Crippen LogP contribution in [0.25, 0.3) is 0 Å². The number of aliphatic hydroxyl groups excluding tert-OH is 1. The first-order valence-electron chi connectivity index (χ1n) is 7.38. The zero-order valence-corrected chi connectivity index (χ0v) is 12.2. The number of carboxylic acids is 2. The van der Waals surface area contributed by atoms with Crippen LogP contribution < -0.4 is 11.1 Å². The number of carboxylic acid groups (broad SMARTS) is 2. The highest BCUT2D eigenvalue weighted by atomic mass is 16.4. The average molecular weight is 300 g/mol. The van der Waals surface area contributed by atoms with Crippen molar-refractivity contribution >= 4 is 11.9 Å². The third kappa shape index (κ3) is 2.90. The average Bonchev–Trinajstić information content (AvgIpc) is 2.78. The minimum absolute atomic E-state index is 0.0517. The fraction of sp³-hybridized carbons (Fsp3) is 0.857. The quantitative estimate of drug-likeness (QED) is 0.468. The highest BCUT2D eigenvalue weighted by Crippen LogP contribution is 2.53. The molecule has 7 heteroatoms. The lowest BCUT2D eigenvalue weighted by molar-refractivity contribution is -0.151. The summed E-state index contributed by atoms with van der Waals surface area (Å²) in [5, 5.41) is 31.8. The SMILES string of the molecule is CNC1C(O)CCC2CC(CC(N)C(=O)O)(C(=O)O)CC21.